The first-order chi connectivity index (χ1) is 3.85. The van der Waals surface area contributed by atoms with Gasteiger partial charge in [0.05, 0.1) is 6.61 Å². The maximum absolute atomic E-state index is 4.87. The highest BCUT2D eigenvalue weighted by atomic mass is 28.2. The van der Waals surface area contributed by atoms with Crippen LogP contribution >= 0.6 is 0 Å². The Morgan fingerprint density at radius 2 is 1.88 bits per heavy atom. The van der Waals surface area contributed by atoms with E-state index >= 15 is 0 Å². The molecule has 0 saturated carbocycles. The Bertz CT molecular complexity index is 46.5. The number of methoxy groups -OCH3 is 2. The van der Waals surface area contributed by atoms with Crippen molar-refractivity contribution in [2.45, 2.75) is 6.29 Å². The van der Waals surface area contributed by atoms with Gasteiger partial charge in [-0.2, -0.15) is 0 Å². The molecule has 0 N–H and O–H groups in total. The van der Waals surface area contributed by atoms with E-state index in [0.29, 0.717) is 6.61 Å². The summed E-state index contributed by atoms with van der Waals surface area (Å²) in [4.78, 5) is 0. The van der Waals surface area contributed by atoms with Gasteiger partial charge in [-0.1, -0.05) is 0 Å². The van der Waals surface area contributed by atoms with Crippen LogP contribution in [-0.4, -0.2) is 37.6 Å². The van der Waals surface area contributed by atoms with Crippen LogP contribution in [0.4, 0.5) is 0 Å². The first-order valence-corrected chi connectivity index (χ1v) is 3.21. The van der Waals surface area contributed by atoms with E-state index in [2.05, 4.69) is 0 Å². The lowest BCUT2D eigenvalue weighted by atomic mass is 10.7. The molecule has 0 bridgehead atoms. The van der Waals surface area contributed by atoms with E-state index in [-0.39, 0.29) is 6.29 Å². The molecule has 0 aliphatic rings. The maximum Gasteiger partial charge on any atom is 0.178 e. The predicted octanol–water partition coefficient (Wildman–Crippen LogP) is -1.10. The molecule has 0 rings (SSSR count). The van der Waals surface area contributed by atoms with Crippen LogP contribution in [-0.2, 0) is 13.9 Å². The highest BCUT2D eigenvalue weighted by molar-refractivity contribution is 5.97. The van der Waals surface area contributed by atoms with E-state index in [1.54, 1.807) is 14.2 Å². The summed E-state index contributed by atoms with van der Waals surface area (Å²) in [5, 5.41) is 0. The summed E-state index contributed by atoms with van der Waals surface area (Å²) in [5.74, 6) is 0. The van der Waals surface area contributed by atoms with Gasteiger partial charge < -0.3 is 13.9 Å². The molecule has 0 aromatic heterocycles. The second-order valence-corrected chi connectivity index (χ2v) is 1.93. The van der Waals surface area contributed by atoms with Gasteiger partial charge in [-0.05, 0) is 0 Å². The summed E-state index contributed by atoms with van der Waals surface area (Å²) in [6.45, 7) is 0.541. The zero-order valence-electron chi connectivity index (χ0n) is 5.51. The molecule has 0 aliphatic heterocycles. The van der Waals surface area contributed by atoms with E-state index in [4.69, 9.17) is 13.9 Å². The molecule has 0 heterocycles. The largest absolute Gasteiger partial charge is 0.423 e. The number of hydrogen-bond donors (Lipinski definition) is 0. The molecular formula is C4H12O3Si. The summed E-state index contributed by atoms with van der Waals surface area (Å²) in [7, 11) is 3.92. The van der Waals surface area contributed by atoms with Crippen molar-refractivity contribution < 1.29 is 13.9 Å². The first-order valence-electron chi connectivity index (χ1n) is 2.39. The SMILES string of the molecule is COC(CO[SiH3])OC. The minimum atomic E-state index is -0.188. The highest BCUT2D eigenvalue weighted by Crippen LogP contribution is 1.88. The molecule has 0 aromatic carbocycles. The van der Waals surface area contributed by atoms with Crippen LogP contribution in [0.15, 0.2) is 0 Å². The molecule has 0 radical (unpaired) electrons. The van der Waals surface area contributed by atoms with Crippen LogP contribution in [0, 0.1) is 0 Å². The first kappa shape index (κ1) is 8.10. The van der Waals surface area contributed by atoms with Gasteiger partial charge in [0, 0.05) is 14.2 Å². The molecule has 0 amide bonds. The fourth-order valence-corrected chi connectivity index (χ4v) is 0.641. The minimum absolute atomic E-state index is 0.188. The number of hydrogen-bond acceptors (Lipinski definition) is 3. The van der Waals surface area contributed by atoms with Crippen LogP contribution in [0.2, 0.25) is 0 Å². The quantitative estimate of drug-likeness (QED) is 0.363. The van der Waals surface area contributed by atoms with Crippen molar-refractivity contribution in [3.63, 3.8) is 0 Å². The molecule has 0 saturated heterocycles. The molecule has 0 fully saturated rings. The van der Waals surface area contributed by atoms with Gasteiger partial charge >= 0.3 is 0 Å². The lowest BCUT2D eigenvalue weighted by Gasteiger charge is -2.10. The monoisotopic (exact) mass is 136 g/mol. The Balaban J connectivity index is 3.07. The third-order valence-corrected chi connectivity index (χ3v) is 1.16. The standard InChI is InChI=1S/C4H12O3Si/c1-5-4(6-2)3-7-8/h4H,3H2,1-2,8H3. The van der Waals surface area contributed by atoms with Gasteiger partial charge in [0.25, 0.3) is 0 Å². The summed E-state index contributed by atoms with van der Waals surface area (Å²) >= 11 is 0. The molecule has 0 atom stereocenters. The van der Waals surface area contributed by atoms with Crippen molar-refractivity contribution in [1.29, 1.82) is 0 Å². The third kappa shape index (κ3) is 3.14. The second kappa shape index (κ2) is 5.24. The maximum atomic E-state index is 4.87. The van der Waals surface area contributed by atoms with Crippen LogP contribution in [0.1, 0.15) is 0 Å². The molecule has 50 valence electrons. The Labute approximate surface area is 52.5 Å². The van der Waals surface area contributed by atoms with E-state index in [0.717, 1.165) is 10.5 Å². The van der Waals surface area contributed by atoms with E-state index < -0.39 is 0 Å². The molecule has 3 nitrogen and oxygen atoms in total. The normalized spacial score (nSPS) is 10.9. The Morgan fingerprint density at radius 3 is 2.00 bits per heavy atom. The van der Waals surface area contributed by atoms with E-state index in [9.17, 15) is 0 Å². The van der Waals surface area contributed by atoms with Crippen LogP contribution < -0.4 is 0 Å². The molecule has 0 aliphatic carbocycles. The number of rotatable bonds is 4. The third-order valence-electron chi connectivity index (χ3n) is 0.829. The van der Waals surface area contributed by atoms with Crippen molar-refractivity contribution in [1.82, 2.24) is 0 Å². The van der Waals surface area contributed by atoms with E-state index in [1.165, 1.54) is 0 Å². The van der Waals surface area contributed by atoms with Crippen molar-refractivity contribution in [3.05, 3.63) is 0 Å². The predicted molar refractivity (Wildman–Crippen MR) is 33.7 cm³/mol. The Morgan fingerprint density at radius 1 is 1.38 bits per heavy atom. The molecular weight excluding hydrogens is 124 g/mol. The average Bonchev–Trinajstić information content (AvgIpc) is 1.83. The van der Waals surface area contributed by atoms with Gasteiger partial charge in [0.2, 0.25) is 0 Å². The van der Waals surface area contributed by atoms with Crippen molar-refractivity contribution in [2.75, 3.05) is 20.8 Å². The zero-order valence-corrected chi connectivity index (χ0v) is 7.51. The topological polar surface area (TPSA) is 27.7 Å². The summed E-state index contributed by atoms with van der Waals surface area (Å²) in [5.41, 5.74) is 0. The summed E-state index contributed by atoms with van der Waals surface area (Å²) < 4.78 is 14.5. The molecule has 0 spiro atoms. The Hall–Kier alpha value is 0.0969. The van der Waals surface area contributed by atoms with Crippen molar-refractivity contribution in [2.24, 2.45) is 0 Å². The molecule has 0 unspecified atom stereocenters. The van der Waals surface area contributed by atoms with Crippen LogP contribution in [0.25, 0.3) is 0 Å². The average molecular weight is 136 g/mol. The second-order valence-electron chi connectivity index (χ2n) is 1.36. The number of ether oxygens (including phenoxy) is 2. The molecule has 0 aromatic rings. The lowest BCUT2D eigenvalue weighted by molar-refractivity contribution is -0.121. The zero-order chi connectivity index (χ0) is 6.41. The summed E-state index contributed by atoms with van der Waals surface area (Å²) in [6.07, 6.45) is -0.188. The van der Waals surface area contributed by atoms with Crippen LogP contribution in [0.3, 0.4) is 0 Å². The fourth-order valence-electron chi connectivity index (χ4n) is 0.368. The fraction of sp³-hybridized carbons (Fsp3) is 1.00. The van der Waals surface area contributed by atoms with Gasteiger partial charge in [-0.25, -0.2) is 0 Å². The van der Waals surface area contributed by atoms with Crippen LogP contribution in [0.5, 0.6) is 0 Å². The van der Waals surface area contributed by atoms with Gasteiger partial charge in [0.1, 0.15) is 10.5 Å². The summed E-state index contributed by atoms with van der Waals surface area (Å²) in [6, 6.07) is 0. The van der Waals surface area contributed by atoms with Crippen molar-refractivity contribution >= 4 is 10.5 Å². The minimum Gasteiger partial charge on any atom is -0.423 e. The van der Waals surface area contributed by atoms with Gasteiger partial charge in [-0.15, -0.1) is 0 Å². The van der Waals surface area contributed by atoms with Crippen molar-refractivity contribution in [3.8, 4) is 0 Å². The lowest BCUT2D eigenvalue weighted by Crippen LogP contribution is -2.19. The van der Waals surface area contributed by atoms with E-state index in [1.807, 2.05) is 0 Å². The smallest absolute Gasteiger partial charge is 0.178 e. The molecule has 4 heteroatoms. The van der Waals surface area contributed by atoms with Gasteiger partial charge in [-0.3, -0.25) is 0 Å². The molecule has 8 heavy (non-hydrogen) atoms. The highest BCUT2D eigenvalue weighted by Gasteiger charge is 2.00. The Kier molecular flexibility index (Phi) is 5.30. The van der Waals surface area contributed by atoms with Gasteiger partial charge in [0.15, 0.2) is 6.29 Å².